The Kier molecular flexibility index (Phi) is 3.83. The fourth-order valence-electron chi connectivity index (χ4n) is 3.91. The van der Waals surface area contributed by atoms with Crippen LogP contribution in [-0.2, 0) is 13.0 Å². The van der Waals surface area contributed by atoms with Crippen LogP contribution in [0.15, 0.2) is 12.3 Å². The number of hydrogen-bond acceptors (Lipinski definition) is 6. The normalized spacial score (nSPS) is 22.3. The van der Waals surface area contributed by atoms with Crippen LogP contribution < -0.4 is 10.2 Å². The summed E-state index contributed by atoms with van der Waals surface area (Å²) in [4.78, 5) is 23.9. The minimum Gasteiger partial charge on any atom is -0.345 e. The van der Waals surface area contributed by atoms with Crippen LogP contribution in [0.4, 0.5) is 5.95 Å². The highest BCUT2D eigenvalue weighted by molar-refractivity contribution is 5.91. The molecule has 1 saturated carbocycles. The molecule has 2 aromatic heterocycles. The first-order valence-corrected chi connectivity index (χ1v) is 9.59. The van der Waals surface area contributed by atoms with E-state index in [1.165, 1.54) is 12.8 Å². The van der Waals surface area contributed by atoms with Crippen LogP contribution >= 0.6 is 0 Å². The molecular formula is C18H23N7O. The fourth-order valence-corrected chi connectivity index (χ4v) is 3.91. The van der Waals surface area contributed by atoms with Gasteiger partial charge in [0.2, 0.25) is 11.8 Å². The minimum atomic E-state index is -0.120. The van der Waals surface area contributed by atoms with Gasteiger partial charge in [0.1, 0.15) is 5.82 Å². The second-order valence-electron chi connectivity index (χ2n) is 7.51. The maximum atomic E-state index is 12.6. The molecule has 1 atom stereocenters. The Labute approximate surface area is 152 Å². The number of aromatic nitrogens is 5. The van der Waals surface area contributed by atoms with E-state index >= 15 is 0 Å². The van der Waals surface area contributed by atoms with Gasteiger partial charge in [-0.3, -0.25) is 4.79 Å². The molecule has 2 aliphatic heterocycles. The summed E-state index contributed by atoms with van der Waals surface area (Å²) in [5.74, 6) is 2.66. The maximum Gasteiger partial charge on any atom is 0.289 e. The first kappa shape index (κ1) is 15.7. The van der Waals surface area contributed by atoms with Crippen molar-refractivity contribution in [1.82, 2.24) is 30.0 Å². The molecule has 2 aromatic rings. The van der Waals surface area contributed by atoms with Crippen LogP contribution in [-0.4, -0.2) is 49.8 Å². The van der Waals surface area contributed by atoms with Crippen molar-refractivity contribution in [3.05, 3.63) is 29.6 Å². The smallest absolute Gasteiger partial charge is 0.289 e. The summed E-state index contributed by atoms with van der Waals surface area (Å²) in [6.45, 7) is 2.43. The van der Waals surface area contributed by atoms with E-state index in [9.17, 15) is 4.79 Å². The summed E-state index contributed by atoms with van der Waals surface area (Å²) < 4.78 is 1.97. The highest BCUT2D eigenvalue weighted by Crippen LogP contribution is 2.39. The molecule has 0 bridgehead atoms. The number of hydrogen-bond donors (Lipinski definition) is 1. The Morgan fingerprint density at radius 1 is 1.15 bits per heavy atom. The van der Waals surface area contributed by atoms with Crippen molar-refractivity contribution in [3.8, 4) is 0 Å². The van der Waals surface area contributed by atoms with E-state index in [1.807, 2.05) is 16.8 Å². The summed E-state index contributed by atoms with van der Waals surface area (Å²) in [7, 11) is 0. The third-order valence-corrected chi connectivity index (χ3v) is 5.53. The van der Waals surface area contributed by atoms with E-state index in [4.69, 9.17) is 4.98 Å². The number of nitrogens with zero attached hydrogens (tertiary/aromatic N) is 6. The first-order chi connectivity index (χ1) is 12.8. The molecule has 5 rings (SSSR count). The molecule has 1 amide bonds. The standard InChI is InChI=1S/C18H23N7O/c26-17(16-23-22-15-3-1-2-9-25(15)16)20-13-7-10-24(11-13)18-19-8-6-14(21-18)12-4-5-12/h6,8,12-13H,1-5,7,9-11H2,(H,20,26). The third kappa shape index (κ3) is 2.93. The van der Waals surface area contributed by atoms with Crippen molar-refractivity contribution < 1.29 is 4.79 Å². The van der Waals surface area contributed by atoms with Crippen LogP contribution in [0.2, 0.25) is 0 Å². The van der Waals surface area contributed by atoms with Gasteiger partial charge in [0.25, 0.3) is 5.91 Å². The van der Waals surface area contributed by atoms with Crippen molar-refractivity contribution in [3.63, 3.8) is 0 Å². The molecule has 0 radical (unpaired) electrons. The molecule has 8 heteroatoms. The van der Waals surface area contributed by atoms with Gasteiger partial charge < -0.3 is 14.8 Å². The summed E-state index contributed by atoms with van der Waals surface area (Å²) in [5.41, 5.74) is 1.15. The third-order valence-electron chi connectivity index (χ3n) is 5.53. The molecule has 0 aromatic carbocycles. The predicted octanol–water partition coefficient (Wildman–Crippen LogP) is 1.29. The van der Waals surface area contributed by atoms with Crippen LogP contribution in [0.3, 0.4) is 0 Å². The Morgan fingerprint density at radius 2 is 2.08 bits per heavy atom. The molecule has 8 nitrogen and oxygen atoms in total. The Hall–Kier alpha value is -2.51. The zero-order valence-corrected chi connectivity index (χ0v) is 14.8. The van der Waals surface area contributed by atoms with E-state index in [0.717, 1.165) is 62.8 Å². The van der Waals surface area contributed by atoms with Gasteiger partial charge in [-0.25, -0.2) is 9.97 Å². The van der Waals surface area contributed by atoms with Gasteiger partial charge in [0, 0.05) is 49.9 Å². The summed E-state index contributed by atoms with van der Waals surface area (Å²) in [6, 6.07) is 2.11. The number of fused-ring (bicyclic) bond motifs is 1. The monoisotopic (exact) mass is 353 g/mol. The van der Waals surface area contributed by atoms with E-state index in [0.29, 0.717) is 11.7 Å². The van der Waals surface area contributed by atoms with Crippen LogP contribution in [0.1, 0.15) is 60.2 Å². The van der Waals surface area contributed by atoms with Crippen molar-refractivity contribution in [2.24, 2.45) is 0 Å². The lowest BCUT2D eigenvalue weighted by Gasteiger charge is -2.18. The van der Waals surface area contributed by atoms with Crippen molar-refractivity contribution in [2.45, 2.75) is 57.0 Å². The van der Waals surface area contributed by atoms with E-state index in [1.54, 1.807) is 0 Å². The predicted molar refractivity (Wildman–Crippen MR) is 95.1 cm³/mol. The van der Waals surface area contributed by atoms with Crippen molar-refractivity contribution in [1.29, 1.82) is 0 Å². The molecule has 26 heavy (non-hydrogen) atoms. The first-order valence-electron chi connectivity index (χ1n) is 9.59. The molecule has 0 spiro atoms. The van der Waals surface area contributed by atoms with Crippen LogP contribution in [0.25, 0.3) is 0 Å². The number of anilines is 1. The molecule has 1 aliphatic carbocycles. The lowest BCUT2D eigenvalue weighted by molar-refractivity contribution is 0.0924. The Bertz CT molecular complexity index is 829. The largest absolute Gasteiger partial charge is 0.345 e. The second-order valence-corrected chi connectivity index (χ2v) is 7.51. The topological polar surface area (TPSA) is 88.8 Å². The highest BCUT2D eigenvalue weighted by Gasteiger charge is 2.30. The zero-order valence-electron chi connectivity index (χ0n) is 14.8. The molecule has 4 heterocycles. The molecule has 3 aliphatic rings. The number of amides is 1. The number of aryl methyl sites for hydroxylation is 1. The van der Waals surface area contributed by atoms with Gasteiger partial charge in [0.05, 0.1) is 0 Å². The average Bonchev–Trinajstić information content (AvgIpc) is 3.27. The van der Waals surface area contributed by atoms with Crippen LogP contribution in [0, 0.1) is 0 Å². The van der Waals surface area contributed by atoms with E-state index in [2.05, 4.69) is 25.4 Å². The Balaban J connectivity index is 1.24. The van der Waals surface area contributed by atoms with Gasteiger partial charge in [-0.05, 0) is 38.2 Å². The molecule has 1 N–H and O–H groups in total. The molecule has 1 unspecified atom stereocenters. The summed E-state index contributed by atoms with van der Waals surface area (Å²) >= 11 is 0. The van der Waals surface area contributed by atoms with Gasteiger partial charge >= 0.3 is 0 Å². The lowest BCUT2D eigenvalue weighted by atomic mass is 10.1. The SMILES string of the molecule is O=C(NC1CCN(c2nccc(C3CC3)n2)C1)c1nnc2n1CCCC2. The molecule has 2 fully saturated rings. The number of nitrogens with one attached hydrogen (secondary N) is 1. The van der Waals surface area contributed by atoms with Crippen LogP contribution in [0.5, 0.6) is 0 Å². The summed E-state index contributed by atoms with van der Waals surface area (Å²) in [6.07, 6.45) is 8.32. The summed E-state index contributed by atoms with van der Waals surface area (Å²) in [5, 5.41) is 11.4. The number of carbonyl (C=O) groups excluding carboxylic acids is 1. The van der Waals surface area contributed by atoms with Gasteiger partial charge in [-0.15, -0.1) is 10.2 Å². The van der Waals surface area contributed by atoms with E-state index in [-0.39, 0.29) is 11.9 Å². The molecule has 1 saturated heterocycles. The molecule has 136 valence electrons. The number of rotatable bonds is 4. The molecular weight excluding hydrogens is 330 g/mol. The lowest BCUT2D eigenvalue weighted by Crippen LogP contribution is -2.39. The van der Waals surface area contributed by atoms with E-state index < -0.39 is 0 Å². The second kappa shape index (κ2) is 6.34. The van der Waals surface area contributed by atoms with Gasteiger partial charge in [-0.1, -0.05) is 0 Å². The average molecular weight is 353 g/mol. The number of carbonyl (C=O) groups is 1. The minimum absolute atomic E-state index is 0.0900. The quantitative estimate of drug-likeness (QED) is 0.891. The van der Waals surface area contributed by atoms with Crippen molar-refractivity contribution in [2.75, 3.05) is 18.0 Å². The highest BCUT2D eigenvalue weighted by atomic mass is 16.2. The van der Waals surface area contributed by atoms with Gasteiger partial charge in [-0.2, -0.15) is 0 Å². The van der Waals surface area contributed by atoms with Gasteiger partial charge in [0.15, 0.2) is 0 Å². The Morgan fingerprint density at radius 3 is 2.96 bits per heavy atom. The van der Waals surface area contributed by atoms with Crippen molar-refractivity contribution >= 4 is 11.9 Å². The zero-order chi connectivity index (χ0) is 17.5. The fraction of sp³-hybridized carbons (Fsp3) is 0.611. The maximum absolute atomic E-state index is 12.6.